The Kier molecular flexibility index (Phi) is 4.28. The van der Waals surface area contributed by atoms with Gasteiger partial charge in [0.25, 0.3) is 0 Å². The molecular formula is C17H20N4O4S. The zero-order chi connectivity index (χ0) is 18.3. The van der Waals surface area contributed by atoms with Crippen LogP contribution in [0.1, 0.15) is 34.1 Å². The fraction of sp³-hybridized carbons (Fsp3) is 0.471. The first-order valence-corrected chi connectivity index (χ1v) is 10.1. The van der Waals surface area contributed by atoms with Crippen molar-refractivity contribution < 1.29 is 17.6 Å². The van der Waals surface area contributed by atoms with Crippen molar-refractivity contribution in [2.24, 2.45) is 0 Å². The summed E-state index contributed by atoms with van der Waals surface area (Å²) in [5, 5.41) is 7.38. The predicted molar refractivity (Wildman–Crippen MR) is 92.2 cm³/mol. The van der Waals surface area contributed by atoms with Gasteiger partial charge in [-0.25, -0.2) is 8.42 Å². The van der Waals surface area contributed by atoms with E-state index in [-0.39, 0.29) is 24.9 Å². The second kappa shape index (κ2) is 6.48. The van der Waals surface area contributed by atoms with Crippen molar-refractivity contribution in [3.8, 4) is 0 Å². The molecule has 1 amide bonds. The van der Waals surface area contributed by atoms with E-state index in [0.717, 1.165) is 24.8 Å². The maximum atomic E-state index is 12.9. The van der Waals surface area contributed by atoms with E-state index in [1.807, 2.05) is 6.07 Å². The summed E-state index contributed by atoms with van der Waals surface area (Å²) in [5.74, 6) is -0.0937. The third-order valence-electron chi connectivity index (χ3n) is 4.94. The summed E-state index contributed by atoms with van der Waals surface area (Å²) in [6, 6.07) is 5.42. The van der Waals surface area contributed by atoms with Crippen LogP contribution in [-0.2, 0) is 22.9 Å². The molecule has 138 valence electrons. The van der Waals surface area contributed by atoms with Crippen molar-refractivity contribution in [3.63, 3.8) is 0 Å². The minimum atomic E-state index is -3.55. The molecule has 2 aliphatic rings. The van der Waals surface area contributed by atoms with Crippen molar-refractivity contribution in [1.29, 1.82) is 0 Å². The maximum absolute atomic E-state index is 12.9. The normalized spacial score (nSPS) is 18.1. The minimum absolute atomic E-state index is 0.0579. The summed E-state index contributed by atoms with van der Waals surface area (Å²) in [4.78, 5) is 14.2. The third kappa shape index (κ3) is 3.01. The summed E-state index contributed by atoms with van der Waals surface area (Å²) >= 11 is 0. The molecule has 2 heterocycles. The Morgan fingerprint density at radius 3 is 2.50 bits per heavy atom. The molecule has 1 aliphatic carbocycles. The van der Waals surface area contributed by atoms with Crippen LogP contribution in [0.4, 0.5) is 0 Å². The van der Waals surface area contributed by atoms with E-state index in [2.05, 4.69) is 10.2 Å². The largest absolute Gasteiger partial charge is 0.417 e. The Bertz CT molecular complexity index is 945. The number of carbonyl (C=O) groups is 1. The highest BCUT2D eigenvalue weighted by atomic mass is 32.2. The van der Waals surface area contributed by atoms with Gasteiger partial charge in [0.15, 0.2) is 0 Å². The number of carbonyl (C=O) groups excluding carboxylic acids is 1. The van der Waals surface area contributed by atoms with E-state index >= 15 is 0 Å². The second-order valence-corrected chi connectivity index (χ2v) is 8.54. The lowest BCUT2D eigenvalue weighted by Gasteiger charge is -2.33. The Hall–Kier alpha value is -2.26. The molecule has 0 saturated carbocycles. The van der Waals surface area contributed by atoms with Crippen LogP contribution < -0.4 is 0 Å². The first-order chi connectivity index (χ1) is 12.4. The van der Waals surface area contributed by atoms with E-state index in [4.69, 9.17) is 4.42 Å². The van der Waals surface area contributed by atoms with Gasteiger partial charge < -0.3 is 9.32 Å². The van der Waals surface area contributed by atoms with Crippen LogP contribution in [0.25, 0.3) is 0 Å². The van der Waals surface area contributed by atoms with Gasteiger partial charge in [0, 0.05) is 33.1 Å². The highest BCUT2D eigenvalue weighted by Gasteiger charge is 2.32. The van der Waals surface area contributed by atoms with Crippen molar-refractivity contribution >= 4 is 15.9 Å². The number of hydrogen-bond acceptors (Lipinski definition) is 6. The molecule has 0 atom stereocenters. The lowest BCUT2D eigenvalue weighted by Crippen LogP contribution is -2.50. The van der Waals surface area contributed by atoms with Crippen LogP contribution in [0.5, 0.6) is 0 Å². The van der Waals surface area contributed by atoms with Crippen LogP contribution >= 0.6 is 0 Å². The van der Waals surface area contributed by atoms with E-state index < -0.39 is 10.0 Å². The van der Waals surface area contributed by atoms with Crippen LogP contribution in [0, 0.1) is 6.92 Å². The van der Waals surface area contributed by atoms with E-state index in [9.17, 15) is 13.2 Å². The SMILES string of the molecule is Cc1nnc(C(=O)N2CCN(S(=O)(=O)c3ccc4c(c3)CCC4)CC2)o1. The molecule has 1 aliphatic heterocycles. The molecule has 0 unspecified atom stereocenters. The van der Waals surface area contributed by atoms with Gasteiger partial charge >= 0.3 is 11.8 Å². The number of benzene rings is 1. The zero-order valence-electron chi connectivity index (χ0n) is 14.5. The molecule has 26 heavy (non-hydrogen) atoms. The maximum Gasteiger partial charge on any atom is 0.311 e. The van der Waals surface area contributed by atoms with E-state index in [1.54, 1.807) is 24.0 Å². The molecule has 1 saturated heterocycles. The molecule has 1 aromatic heterocycles. The molecule has 0 N–H and O–H groups in total. The summed E-state index contributed by atoms with van der Waals surface area (Å²) in [6.07, 6.45) is 3.03. The van der Waals surface area contributed by atoms with E-state index in [1.165, 1.54) is 9.87 Å². The van der Waals surface area contributed by atoms with Gasteiger partial charge in [0.1, 0.15) is 0 Å². The van der Waals surface area contributed by atoms with Gasteiger partial charge in [-0.2, -0.15) is 4.31 Å². The molecule has 8 nitrogen and oxygen atoms in total. The number of rotatable bonds is 3. The van der Waals surface area contributed by atoms with Gasteiger partial charge in [0.05, 0.1) is 4.90 Å². The number of fused-ring (bicyclic) bond motifs is 1. The first kappa shape index (κ1) is 17.2. The van der Waals surface area contributed by atoms with Crippen molar-refractivity contribution in [2.75, 3.05) is 26.2 Å². The highest BCUT2D eigenvalue weighted by molar-refractivity contribution is 7.89. The molecule has 4 rings (SSSR count). The number of nitrogens with zero attached hydrogens (tertiary/aromatic N) is 4. The summed E-state index contributed by atoms with van der Waals surface area (Å²) in [7, 11) is -3.55. The standard InChI is InChI=1S/C17H20N4O4S/c1-12-18-19-16(25-12)17(22)20-7-9-21(10-8-20)26(23,24)15-6-5-13-3-2-4-14(13)11-15/h5-6,11H,2-4,7-10H2,1H3. The second-order valence-electron chi connectivity index (χ2n) is 6.61. The Balaban J connectivity index is 1.46. The van der Waals surface area contributed by atoms with Gasteiger partial charge in [-0.05, 0) is 42.5 Å². The monoisotopic (exact) mass is 376 g/mol. The van der Waals surface area contributed by atoms with Crippen LogP contribution in [0.2, 0.25) is 0 Å². The number of sulfonamides is 1. The predicted octanol–water partition coefficient (Wildman–Crippen LogP) is 1.01. The Morgan fingerprint density at radius 1 is 1.08 bits per heavy atom. The molecule has 0 spiro atoms. The minimum Gasteiger partial charge on any atom is -0.417 e. The van der Waals surface area contributed by atoms with Crippen molar-refractivity contribution in [3.05, 3.63) is 41.1 Å². The van der Waals surface area contributed by atoms with Crippen LogP contribution in [0.3, 0.4) is 0 Å². The smallest absolute Gasteiger partial charge is 0.311 e. The molecular weight excluding hydrogens is 356 g/mol. The lowest BCUT2D eigenvalue weighted by atomic mass is 10.1. The van der Waals surface area contributed by atoms with Gasteiger partial charge in [-0.1, -0.05) is 6.07 Å². The summed E-state index contributed by atoms with van der Waals surface area (Å²) in [6.45, 7) is 2.70. The number of piperazine rings is 1. The van der Waals surface area contributed by atoms with E-state index in [0.29, 0.717) is 23.9 Å². The molecule has 1 fully saturated rings. The average molecular weight is 376 g/mol. The Morgan fingerprint density at radius 2 is 1.81 bits per heavy atom. The topological polar surface area (TPSA) is 96.6 Å². The molecule has 0 bridgehead atoms. The van der Waals surface area contributed by atoms with Gasteiger partial charge in [-0.3, -0.25) is 4.79 Å². The molecule has 1 aromatic carbocycles. The van der Waals surface area contributed by atoms with Crippen molar-refractivity contribution in [2.45, 2.75) is 31.1 Å². The van der Waals surface area contributed by atoms with Crippen molar-refractivity contribution in [1.82, 2.24) is 19.4 Å². The number of amides is 1. The molecule has 9 heteroatoms. The summed E-state index contributed by atoms with van der Waals surface area (Å²) < 4.78 is 32.4. The fourth-order valence-corrected chi connectivity index (χ4v) is 4.98. The third-order valence-corrected chi connectivity index (χ3v) is 6.84. The lowest BCUT2D eigenvalue weighted by molar-refractivity contribution is 0.0656. The quantitative estimate of drug-likeness (QED) is 0.793. The first-order valence-electron chi connectivity index (χ1n) is 8.66. The van der Waals surface area contributed by atoms with Crippen LogP contribution in [0.15, 0.2) is 27.5 Å². The van der Waals surface area contributed by atoms with Gasteiger partial charge in [-0.15, -0.1) is 10.2 Å². The molecule has 2 aromatic rings. The number of hydrogen-bond donors (Lipinski definition) is 0. The summed E-state index contributed by atoms with van der Waals surface area (Å²) in [5.41, 5.74) is 2.38. The zero-order valence-corrected chi connectivity index (χ0v) is 15.3. The van der Waals surface area contributed by atoms with Gasteiger partial charge in [0.2, 0.25) is 15.9 Å². The number of aryl methyl sites for hydroxylation is 3. The average Bonchev–Trinajstić information content (AvgIpc) is 3.29. The fourth-order valence-electron chi connectivity index (χ4n) is 3.51. The van der Waals surface area contributed by atoms with Crippen LogP contribution in [-0.4, -0.2) is 59.9 Å². The molecule has 0 radical (unpaired) electrons. The Labute approximate surface area is 151 Å². The highest BCUT2D eigenvalue weighted by Crippen LogP contribution is 2.26. The number of aromatic nitrogens is 2.